The van der Waals surface area contributed by atoms with Crippen molar-refractivity contribution in [2.24, 2.45) is 17.8 Å². The number of halogens is 1. The van der Waals surface area contributed by atoms with Gasteiger partial charge in [0.25, 0.3) is 0 Å². The fraction of sp³-hybridized carbons (Fsp3) is 0.467. The molecule has 106 valence electrons. The molecule has 0 aromatic heterocycles. The number of amides is 2. The van der Waals surface area contributed by atoms with Crippen LogP contribution in [0.15, 0.2) is 18.2 Å². The molecule has 2 fully saturated rings. The highest BCUT2D eigenvalue weighted by Crippen LogP contribution is 2.43. The number of hydrogen-bond acceptors (Lipinski definition) is 3. The Balaban J connectivity index is 1.84. The first-order chi connectivity index (χ1) is 9.47. The third kappa shape index (κ3) is 1.97. The molecule has 1 aromatic rings. The highest BCUT2D eigenvalue weighted by Gasteiger charge is 2.51. The number of likely N-dealkylation sites (tertiary alicyclic amines) is 1. The number of rotatable bonds is 2. The number of benzene rings is 1. The van der Waals surface area contributed by atoms with Crippen LogP contribution in [0.1, 0.15) is 25.3 Å². The smallest absolute Gasteiger partial charge is 0.233 e. The van der Waals surface area contributed by atoms with E-state index in [1.54, 1.807) is 0 Å². The first-order valence-corrected chi connectivity index (χ1v) is 6.86. The molecular weight excluding hydrogens is 259 g/mol. The van der Waals surface area contributed by atoms with E-state index < -0.39 is 5.82 Å². The molecule has 1 aliphatic carbocycles. The van der Waals surface area contributed by atoms with Gasteiger partial charge in [0.2, 0.25) is 11.8 Å². The molecule has 0 bridgehead atoms. The minimum absolute atomic E-state index is 0.0721. The van der Waals surface area contributed by atoms with Crippen LogP contribution in [-0.2, 0) is 16.1 Å². The Morgan fingerprint density at radius 3 is 2.45 bits per heavy atom. The standard InChI is InChI=1S/C15H17FN2O2/c1-8-4-11-12(5-8)15(20)18(14(11)19)7-9-6-10(16)2-3-13(9)17/h2-3,6,8,11-12H,4-5,7,17H2,1H3. The number of nitrogens with zero attached hydrogens (tertiary/aromatic N) is 1. The van der Waals surface area contributed by atoms with E-state index in [4.69, 9.17) is 5.73 Å². The molecule has 1 aliphatic heterocycles. The van der Waals surface area contributed by atoms with Crippen molar-refractivity contribution >= 4 is 17.5 Å². The number of fused-ring (bicyclic) bond motifs is 1. The number of anilines is 1. The molecule has 2 amide bonds. The van der Waals surface area contributed by atoms with E-state index >= 15 is 0 Å². The maximum atomic E-state index is 13.3. The Morgan fingerprint density at radius 2 is 1.85 bits per heavy atom. The topological polar surface area (TPSA) is 63.4 Å². The number of imide groups is 1. The van der Waals surface area contributed by atoms with Crippen LogP contribution in [-0.4, -0.2) is 16.7 Å². The molecule has 1 heterocycles. The second kappa shape index (κ2) is 4.58. The van der Waals surface area contributed by atoms with Crippen LogP contribution in [0.4, 0.5) is 10.1 Å². The normalized spacial score (nSPS) is 29.1. The lowest BCUT2D eigenvalue weighted by molar-refractivity contribution is -0.141. The highest BCUT2D eigenvalue weighted by atomic mass is 19.1. The van der Waals surface area contributed by atoms with Gasteiger partial charge >= 0.3 is 0 Å². The molecule has 2 unspecified atom stereocenters. The zero-order chi connectivity index (χ0) is 14.4. The van der Waals surface area contributed by atoms with E-state index in [9.17, 15) is 14.0 Å². The first kappa shape index (κ1) is 13.1. The van der Waals surface area contributed by atoms with Crippen LogP contribution >= 0.6 is 0 Å². The Bertz CT molecular complexity index is 563. The lowest BCUT2D eigenvalue weighted by atomic mass is 10.00. The van der Waals surface area contributed by atoms with E-state index in [-0.39, 0.29) is 30.2 Å². The zero-order valence-electron chi connectivity index (χ0n) is 11.3. The molecule has 2 atom stereocenters. The summed E-state index contributed by atoms with van der Waals surface area (Å²) in [4.78, 5) is 25.9. The average molecular weight is 276 g/mol. The van der Waals surface area contributed by atoms with Gasteiger partial charge in [-0.15, -0.1) is 0 Å². The number of nitrogen functional groups attached to an aromatic ring is 1. The number of nitrogens with two attached hydrogens (primary N) is 1. The van der Waals surface area contributed by atoms with Crippen molar-refractivity contribution in [3.05, 3.63) is 29.6 Å². The van der Waals surface area contributed by atoms with Gasteiger partial charge in [-0.2, -0.15) is 0 Å². The minimum Gasteiger partial charge on any atom is -0.398 e. The van der Waals surface area contributed by atoms with Crippen molar-refractivity contribution in [1.82, 2.24) is 4.90 Å². The lowest BCUT2D eigenvalue weighted by Crippen LogP contribution is -2.32. The average Bonchev–Trinajstić information content (AvgIpc) is 2.88. The Hall–Kier alpha value is -1.91. The number of hydrogen-bond donors (Lipinski definition) is 1. The Morgan fingerprint density at radius 1 is 1.25 bits per heavy atom. The van der Waals surface area contributed by atoms with Gasteiger partial charge in [-0.1, -0.05) is 6.92 Å². The fourth-order valence-corrected chi connectivity index (χ4v) is 3.38. The van der Waals surface area contributed by atoms with Crippen LogP contribution < -0.4 is 5.73 Å². The fourth-order valence-electron chi connectivity index (χ4n) is 3.38. The molecule has 0 spiro atoms. The number of carbonyl (C=O) groups excluding carboxylic acids is 2. The second-order valence-corrected chi connectivity index (χ2v) is 5.90. The molecule has 1 aromatic carbocycles. The van der Waals surface area contributed by atoms with Crippen LogP contribution in [0.2, 0.25) is 0 Å². The summed E-state index contributed by atoms with van der Waals surface area (Å²) in [5.74, 6) is -0.637. The summed E-state index contributed by atoms with van der Waals surface area (Å²) < 4.78 is 13.3. The molecule has 4 nitrogen and oxygen atoms in total. The van der Waals surface area contributed by atoms with Crippen molar-refractivity contribution in [3.63, 3.8) is 0 Å². The quantitative estimate of drug-likeness (QED) is 0.663. The van der Waals surface area contributed by atoms with Gasteiger partial charge in [-0.05, 0) is 42.5 Å². The monoisotopic (exact) mass is 276 g/mol. The van der Waals surface area contributed by atoms with Gasteiger partial charge in [0, 0.05) is 5.69 Å². The molecule has 20 heavy (non-hydrogen) atoms. The van der Waals surface area contributed by atoms with Crippen molar-refractivity contribution < 1.29 is 14.0 Å². The molecule has 5 heteroatoms. The van der Waals surface area contributed by atoms with E-state index in [2.05, 4.69) is 6.92 Å². The van der Waals surface area contributed by atoms with Crippen molar-refractivity contribution in [3.8, 4) is 0 Å². The van der Waals surface area contributed by atoms with E-state index in [0.717, 1.165) is 12.8 Å². The van der Waals surface area contributed by atoms with Gasteiger partial charge in [0.1, 0.15) is 5.82 Å². The van der Waals surface area contributed by atoms with E-state index in [1.807, 2.05) is 0 Å². The van der Waals surface area contributed by atoms with Gasteiger partial charge in [-0.3, -0.25) is 14.5 Å². The minimum atomic E-state index is -0.415. The van der Waals surface area contributed by atoms with Crippen molar-refractivity contribution in [1.29, 1.82) is 0 Å². The molecular formula is C15H17FN2O2. The van der Waals surface area contributed by atoms with Crippen LogP contribution in [0.25, 0.3) is 0 Å². The zero-order valence-corrected chi connectivity index (χ0v) is 11.3. The summed E-state index contributed by atoms with van der Waals surface area (Å²) in [6.45, 7) is 2.14. The summed E-state index contributed by atoms with van der Waals surface area (Å²) in [7, 11) is 0. The van der Waals surface area contributed by atoms with E-state index in [0.29, 0.717) is 17.2 Å². The van der Waals surface area contributed by atoms with Gasteiger partial charge < -0.3 is 5.73 Å². The lowest BCUT2D eigenvalue weighted by Gasteiger charge is -2.18. The van der Waals surface area contributed by atoms with Crippen LogP contribution in [0.3, 0.4) is 0 Å². The first-order valence-electron chi connectivity index (χ1n) is 6.86. The SMILES string of the molecule is CC1CC2C(=O)N(Cc3cc(F)ccc3N)C(=O)C2C1. The molecule has 2 N–H and O–H groups in total. The summed E-state index contributed by atoms with van der Waals surface area (Å²) in [5, 5.41) is 0. The Labute approximate surface area is 116 Å². The van der Waals surface area contributed by atoms with Gasteiger partial charge in [0.05, 0.1) is 18.4 Å². The van der Waals surface area contributed by atoms with Gasteiger partial charge in [-0.25, -0.2) is 4.39 Å². The summed E-state index contributed by atoms with van der Waals surface area (Å²) in [6, 6.07) is 4.01. The van der Waals surface area contributed by atoms with Crippen molar-refractivity contribution in [2.45, 2.75) is 26.3 Å². The van der Waals surface area contributed by atoms with Gasteiger partial charge in [0.15, 0.2) is 0 Å². The molecule has 1 saturated heterocycles. The van der Waals surface area contributed by atoms with Crippen LogP contribution in [0, 0.1) is 23.6 Å². The third-order valence-corrected chi connectivity index (χ3v) is 4.40. The summed E-state index contributed by atoms with van der Waals surface area (Å²) in [6.07, 6.45) is 1.54. The predicted octanol–water partition coefficient (Wildman–Crippen LogP) is 1.94. The Kier molecular flexibility index (Phi) is 3.00. The molecule has 3 rings (SSSR count). The molecule has 2 aliphatic rings. The van der Waals surface area contributed by atoms with Crippen LogP contribution in [0.5, 0.6) is 0 Å². The highest BCUT2D eigenvalue weighted by molar-refractivity contribution is 6.05. The predicted molar refractivity (Wildman–Crippen MR) is 71.7 cm³/mol. The molecule has 1 saturated carbocycles. The maximum Gasteiger partial charge on any atom is 0.233 e. The van der Waals surface area contributed by atoms with Crippen molar-refractivity contribution in [2.75, 3.05) is 5.73 Å². The van der Waals surface area contributed by atoms with E-state index in [1.165, 1.54) is 23.1 Å². The maximum absolute atomic E-state index is 13.3. The molecule has 0 radical (unpaired) electrons. The summed E-state index contributed by atoms with van der Waals surface area (Å²) >= 11 is 0. The summed E-state index contributed by atoms with van der Waals surface area (Å²) in [5.41, 5.74) is 6.67. The third-order valence-electron chi connectivity index (χ3n) is 4.40. The number of carbonyl (C=O) groups is 2. The second-order valence-electron chi connectivity index (χ2n) is 5.90. The largest absolute Gasteiger partial charge is 0.398 e.